The van der Waals surface area contributed by atoms with E-state index in [1.165, 1.54) is 0 Å². The van der Waals surface area contributed by atoms with Gasteiger partial charge in [0.1, 0.15) is 0 Å². The SMILES string of the molecule is C=CC=CC(=CC)Sc1ccc2c(c1)C1(OCCCO1)C(=O)N2. The van der Waals surface area contributed by atoms with Crippen molar-refractivity contribution in [2.24, 2.45) is 0 Å². The zero-order valence-electron chi connectivity index (χ0n) is 13.0. The van der Waals surface area contributed by atoms with Crippen LogP contribution in [0.25, 0.3) is 0 Å². The normalized spacial score (nSPS) is 19.9. The topological polar surface area (TPSA) is 47.6 Å². The first-order chi connectivity index (χ1) is 11.2. The summed E-state index contributed by atoms with van der Waals surface area (Å²) in [6, 6.07) is 5.85. The Labute approximate surface area is 140 Å². The van der Waals surface area contributed by atoms with E-state index in [2.05, 4.69) is 11.9 Å². The summed E-state index contributed by atoms with van der Waals surface area (Å²) in [5.74, 6) is -1.52. The highest BCUT2D eigenvalue weighted by Crippen LogP contribution is 2.43. The number of thioether (sulfide) groups is 1. The van der Waals surface area contributed by atoms with Gasteiger partial charge in [-0.1, -0.05) is 36.6 Å². The van der Waals surface area contributed by atoms with E-state index >= 15 is 0 Å². The second kappa shape index (κ2) is 6.74. The van der Waals surface area contributed by atoms with E-state index in [4.69, 9.17) is 9.47 Å². The van der Waals surface area contributed by atoms with Crippen LogP contribution in [0.5, 0.6) is 0 Å². The van der Waals surface area contributed by atoms with Gasteiger partial charge in [0, 0.05) is 15.4 Å². The zero-order chi connectivity index (χ0) is 16.3. The summed E-state index contributed by atoms with van der Waals surface area (Å²) >= 11 is 1.62. The summed E-state index contributed by atoms with van der Waals surface area (Å²) in [5, 5.41) is 2.85. The molecular formula is C18H19NO3S. The summed E-state index contributed by atoms with van der Waals surface area (Å²) in [7, 11) is 0. The maximum Gasteiger partial charge on any atom is 0.289 e. The van der Waals surface area contributed by atoms with Gasteiger partial charge in [0.05, 0.1) is 18.9 Å². The summed E-state index contributed by atoms with van der Waals surface area (Å²) in [5.41, 5.74) is 1.51. The number of hydrogen-bond acceptors (Lipinski definition) is 4. The number of allylic oxidation sites excluding steroid dienone is 4. The third-order valence-electron chi connectivity index (χ3n) is 3.71. The van der Waals surface area contributed by atoms with Crippen LogP contribution in [0, 0.1) is 0 Å². The Morgan fingerprint density at radius 2 is 2.17 bits per heavy atom. The van der Waals surface area contributed by atoms with Crippen LogP contribution in [-0.2, 0) is 20.1 Å². The molecule has 5 heteroatoms. The van der Waals surface area contributed by atoms with Crippen molar-refractivity contribution in [3.8, 4) is 0 Å². The van der Waals surface area contributed by atoms with Gasteiger partial charge in [0.2, 0.25) is 0 Å². The van der Waals surface area contributed by atoms with Crippen molar-refractivity contribution in [3.63, 3.8) is 0 Å². The second-order valence-corrected chi connectivity index (χ2v) is 6.36. The van der Waals surface area contributed by atoms with E-state index in [-0.39, 0.29) is 5.91 Å². The molecule has 1 aromatic rings. The Morgan fingerprint density at radius 1 is 1.39 bits per heavy atom. The number of nitrogens with one attached hydrogen (secondary N) is 1. The number of benzene rings is 1. The van der Waals surface area contributed by atoms with E-state index in [1.807, 2.05) is 43.4 Å². The summed E-state index contributed by atoms with van der Waals surface area (Å²) in [6.07, 6.45) is 8.47. The molecule has 3 rings (SSSR count). The lowest BCUT2D eigenvalue weighted by molar-refractivity contribution is -0.255. The van der Waals surface area contributed by atoms with Crippen LogP contribution in [0.4, 0.5) is 5.69 Å². The molecule has 0 bridgehead atoms. The standard InChI is InChI=1S/C18H19NO3S/c1-3-5-7-13(4-2)23-14-8-9-16-15(12-14)18(17(20)19-16)21-10-6-11-22-18/h3-5,7-9,12H,1,6,10-11H2,2H3,(H,19,20). The molecule has 0 radical (unpaired) electrons. The van der Waals surface area contributed by atoms with Gasteiger partial charge in [-0.15, -0.1) is 0 Å². The molecule has 0 unspecified atom stereocenters. The van der Waals surface area contributed by atoms with Gasteiger partial charge in [-0.3, -0.25) is 4.79 Å². The Kier molecular flexibility index (Phi) is 4.71. The summed E-state index contributed by atoms with van der Waals surface area (Å²) in [6.45, 7) is 6.71. The number of amides is 1. The Balaban J connectivity index is 1.91. The molecule has 0 atom stereocenters. The van der Waals surface area contributed by atoms with Gasteiger partial charge in [0.25, 0.3) is 11.7 Å². The number of carbonyl (C=O) groups is 1. The molecule has 2 heterocycles. The van der Waals surface area contributed by atoms with Crippen LogP contribution in [0.3, 0.4) is 0 Å². The third-order valence-corrected chi connectivity index (χ3v) is 4.81. The fourth-order valence-corrected chi connectivity index (χ4v) is 3.45. The number of hydrogen-bond donors (Lipinski definition) is 1. The molecule has 1 N–H and O–H groups in total. The van der Waals surface area contributed by atoms with Crippen LogP contribution in [-0.4, -0.2) is 19.1 Å². The van der Waals surface area contributed by atoms with Crippen molar-refractivity contribution < 1.29 is 14.3 Å². The Morgan fingerprint density at radius 3 is 2.87 bits per heavy atom. The molecule has 1 amide bonds. The lowest BCUT2D eigenvalue weighted by Gasteiger charge is -2.31. The molecule has 4 nitrogen and oxygen atoms in total. The second-order valence-electron chi connectivity index (χ2n) is 5.22. The maximum atomic E-state index is 12.3. The highest BCUT2D eigenvalue weighted by Gasteiger charge is 2.51. The zero-order valence-corrected chi connectivity index (χ0v) is 13.8. The largest absolute Gasteiger partial charge is 0.338 e. The molecule has 23 heavy (non-hydrogen) atoms. The van der Waals surface area contributed by atoms with Gasteiger partial charge in [-0.25, -0.2) is 0 Å². The van der Waals surface area contributed by atoms with Crippen LogP contribution in [0.2, 0.25) is 0 Å². The van der Waals surface area contributed by atoms with Crippen molar-refractivity contribution >= 4 is 23.4 Å². The highest BCUT2D eigenvalue weighted by atomic mass is 32.2. The van der Waals surface area contributed by atoms with Crippen molar-refractivity contribution in [1.29, 1.82) is 0 Å². The monoisotopic (exact) mass is 329 g/mol. The number of ether oxygens (including phenoxy) is 2. The van der Waals surface area contributed by atoms with Gasteiger partial charge in [-0.05, 0) is 37.6 Å². The first-order valence-corrected chi connectivity index (χ1v) is 8.38. The van der Waals surface area contributed by atoms with E-state index in [1.54, 1.807) is 17.8 Å². The summed E-state index contributed by atoms with van der Waals surface area (Å²) < 4.78 is 11.5. The average Bonchev–Trinajstić information content (AvgIpc) is 2.84. The minimum absolute atomic E-state index is 0.243. The van der Waals surface area contributed by atoms with Gasteiger partial charge in [0.15, 0.2) is 0 Å². The van der Waals surface area contributed by atoms with Crippen LogP contribution >= 0.6 is 11.8 Å². The molecule has 0 saturated carbocycles. The fourth-order valence-electron chi connectivity index (χ4n) is 2.60. The van der Waals surface area contributed by atoms with Crippen molar-refractivity contribution in [2.45, 2.75) is 24.0 Å². The molecule has 120 valence electrons. The predicted molar refractivity (Wildman–Crippen MR) is 92.2 cm³/mol. The molecule has 1 fully saturated rings. The minimum Gasteiger partial charge on any atom is -0.338 e. The van der Waals surface area contributed by atoms with Crippen molar-refractivity contribution in [3.05, 3.63) is 59.6 Å². The summed E-state index contributed by atoms with van der Waals surface area (Å²) in [4.78, 5) is 14.5. The Hall–Kier alpha value is -1.82. The van der Waals surface area contributed by atoms with Crippen molar-refractivity contribution in [2.75, 3.05) is 18.5 Å². The quantitative estimate of drug-likeness (QED) is 0.671. The minimum atomic E-state index is -1.28. The fraction of sp³-hybridized carbons (Fsp3) is 0.278. The third kappa shape index (κ3) is 3.00. The predicted octanol–water partition coefficient (Wildman–Crippen LogP) is 3.97. The lowest BCUT2D eigenvalue weighted by Crippen LogP contribution is -2.43. The lowest BCUT2D eigenvalue weighted by atomic mass is 10.1. The highest BCUT2D eigenvalue weighted by molar-refractivity contribution is 8.03. The van der Waals surface area contributed by atoms with E-state index in [9.17, 15) is 4.79 Å². The number of carbonyl (C=O) groups excluding carboxylic acids is 1. The molecule has 2 aliphatic rings. The molecular weight excluding hydrogens is 310 g/mol. The van der Waals surface area contributed by atoms with Gasteiger partial charge in [-0.2, -0.15) is 0 Å². The van der Waals surface area contributed by atoms with Gasteiger partial charge < -0.3 is 14.8 Å². The molecule has 1 saturated heterocycles. The van der Waals surface area contributed by atoms with Crippen LogP contribution < -0.4 is 5.32 Å². The average molecular weight is 329 g/mol. The molecule has 1 spiro atoms. The molecule has 1 aromatic carbocycles. The number of rotatable bonds is 4. The van der Waals surface area contributed by atoms with Crippen LogP contribution in [0.1, 0.15) is 18.9 Å². The molecule has 0 aromatic heterocycles. The first-order valence-electron chi connectivity index (χ1n) is 7.57. The van der Waals surface area contributed by atoms with Crippen molar-refractivity contribution in [1.82, 2.24) is 0 Å². The van der Waals surface area contributed by atoms with E-state index < -0.39 is 5.79 Å². The maximum absolute atomic E-state index is 12.3. The number of fused-ring (bicyclic) bond motifs is 2. The molecule has 0 aliphatic carbocycles. The van der Waals surface area contributed by atoms with Crippen LogP contribution in [0.15, 0.2) is 58.9 Å². The first kappa shape index (κ1) is 16.1. The van der Waals surface area contributed by atoms with E-state index in [0.717, 1.165) is 27.5 Å². The van der Waals surface area contributed by atoms with E-state index in [0.29, 0.717) is 13.2 Å². The smallest absolute Gasteiger partial charge is 0.289 e. The molecule has 2 aliphatic heterocycles. The van der Waals surface area contributed by atoms with Gasteiger partial charge >= 0.3 is 0 Å². The Bertz CT molecular complexity index is 688. The number of anilines is 1.